The largest absolute Gasteiger partial charge is 0.481 e. The Bertz CT molecular complexity index is 323. The number of carboxylic acids is 1. The second kappa shape index (κ2) is 2.94. The van der Waals surface area contributed by atoms with E-state index in [2.05, 4.69) is 0 Å². The van der Waals surface area contributed by atoms with Crippen LogP contribution in [0.5, 0.6) is 0 Å². The van der Waals surface area contributed by atoms with E-state index in [1.807, 2.05) is 0 Å². The topological polar surface area (TPSA) is 74.7 Å². The Balaban J connectivity index is 1.97. The van der Waals surface area contributed by atoms with Crippen LogP contribution in [0.4, 0.5) is 0 Å². The predicted molar refractivity (Wildman–Crippen MR) is 45.1 cm³/mol. The first-order valence-corrected chi connectivity index (χ1v) is 4.37. The molecule has 0 aromatic heterocycles. The summed E-state index contributed by atoms with van der Waals surface area (Å²) in [5.41, 5.74) is 0. The second-order valence-electron chi connectivity index (χ2n) is 3.54. The molecule has 1 fully saturated rings. The summed E-state index contributed by atoms with van der Waals surface area (Å²) >= 11 is 0. The molecule has 1 aliphatic carbocycles. The molecule has 1 heterocycles. The lowest BCUT2D eigenvalue weighted by Crippen LogP contribution is -2.49. The van der Waals surface area contributed by atoms with Crippen molar-refractivity contribution in [3.05, 3.63) is 12.2 Å². The molecule has 1 aliphatic heterocycles. The third-order valence-corrected chi connectivity index (χ3v) is 2.67. The van der Waals surface area contributed by atoms with Gasteiger partial charge in [-0.3, -0.25) is 19.3 Å². The van der Waals surface area contributed by atoms with Gasteiger partial charge in [0.25, 0.3) is 11.8 Å². The number of carboxylic acid groups (broad SMARTS) is 1. The quantitative estimate of drug-likeness (QED) is 0.618. The van der Waals surface area contributed by atoms with Gasteiger partial charge in [-0.1, -0.05) is 0 Å². The minimum atomic E-state index is -0.853. The van der Waals surface area contributed by atoms with Gasteiger partial charge in [-0.2, -0.15) is 0 Å². The summed E-state index contributed by atoms with van der Waals surface area (Å²) in [5.74, 6) is -1.91. The second-order valence-corrected chi connectivity index (χ2v) is 3.54. The van der Waals surface area contributed by atoms with Crippen LogP contribution in [0.15, 0.2) is 12.2 Å². The monoisotopic (exact) mass is 195 g/mol. The molecule has 2 amide bonds. The minimum Gasteiger partial charge on any atom is -0.481 e. The summed E-state index contributed by atoms with van der Waals surface area (Å²) in [4.78, 5) is 34.0. The van der Waals surface area contributed by atoms with Crippen LogP contribution in [-0.2, 0) is 14.4 Å². The molecule has 0 spiro atoms. The SMILES string of the molecule is O=C(O)C1CC(N2C(=O)C=CC2=O)C1. The molecule has 0 aromatic carbocycles. The Hall–Kier alpha value is -1.65. The van der Waals surface area contributed by atoms with Crippen molar-refractivity contribution in [2.45, 2.75) is 18.9 Å². The average Bonchev–Trinajstić information content (AvgIpc) is 2.32. The zero-order valence-corrected chi connectivity index (χ0v) is 7.34. The Labute approximate surface area is 80.0 Å². The summed E-state index contributed by atoms with van der Waals surface area (Å²) in [7, 11) is 0. The van der Waals surface area contributed by atoms with Crippen LogP contribution in [0, 0.1) is 5.92 Å². The standard InChI is InChI=1S/C9H9NO4/c11-7-1-2-8(12)10(7)6-3-5(4-6)9(13)14/h1-2,5-6H,3-4H2,(H,13,14). The highest BCUT2D eigenvalue weighted by molar-refractivity contribution is 6.13. The van der Waals surface area contributed by atoms with Gasteiger partial charge in [0.1, 0.15) is 0 Å². The maximum atomic E-state index is 11.2. The molecular formula is C9H9NO4. The van der Waals surface area contributed by atoms with Gasteiger partial charge in [0.2, 0.25) is 0 Å². The third kappa shape index (κ3) is 1.21. The average molecular weight is 195 g/mol. The molecule has 2 rings (SSSR count). The van der Waals surface area contributed by atoms with Crippen molar-refractivity contribution in [2.75, 3.05) is 0 Å². The maximum Gasteiger partial charge on any atom is 0.306 e. The number of imide groups is 1. The summed E-state index contributed by atoms with van der Waals surface area (Å²) < 4.78 is 0. The summed E-state index contributed by atoms with van der Waals surface area (Å²) in [6.07, 6.45) is 3.20. The highest BCUT2D eigenvalue weighted by Crippen LogP contribution is 2.33. The number of carbonyl (C=O) groups excluding carboxylic acids is 2. The number of nitrogens with zero attached hydrogens (tertiary/aromatic N) is 1. The van der Waals surface area contributed by atoms with E-state index in [0.29, 0.717) is 12.8 Å². The van der Waals surface area contributed by atoms with Crippen LogP contribution in [0.25, 0.3) is 0 Å². The van der Waals surface area contributed by atoms with E-state index in [1.54, 1.807) is 0 Å². The molecule has 14 heavy (non-hydrogen) atoms. The molecule has 0 radical (unpaired) electrons. The van der Waals surface area contributed by atoms with Gasteiger partial charge < -0.3 is 5.11 Å². The van der Waals surface area contributed by atoms with Gasteiger partial charge in [0, 0.05) is 18.2 Å². The summed E-state index contributed by atoms with van der Waals surface area (Å²) in [6, 6.07) is -0.217. The molecule has 0 atom stereocenters. The molecular weight excluding hydrogens is 186 g/mol. The zero-order chi connectivity index (χ0) is 10.3. The third-order valence-electron chi connectivity index (χ3n) is 2.67. The van der Waals surface area contributed by atoms with Crippen molar-refractivity contribution < 1.29 is 19.5 Å². The first-order chi connectivity index (χ1) is 6.59. The van der Waals surface area contributed by atoms with E-state index < -0.39 is 11.9 Å². The fourth-order valence-electron chi connectivity index (χ4n) is 1.77. The van der Waals surface area contributed by atoms with Crippen LogP contribution < -0.4 is 0 Å². The normalized spacial score (nSPS) is 30.7. The van der Waals surface area contributed by atoms with Crippen molar-refractivity contribution in [2.24, 2.45) is 5.92 Å². The van der Waals surface area contributed by atoms with E-state index in [1.165, 1.54) is 12.2 Å². The molecule has 0 aromatic rings. The molecule has 5 heteroatoms. The molecule has 0 unspecified atom stereocenters. The first kappa shape index (κ1) is 8.93. The van der Waals surface area contributed by atoms with Crippen molar-refractivity contribution in [3.63, 3.8) is 0 Å². The Kier molecular flexibility index (Phi) is 1.87. The Morgan fingerprint density at radius 2 is 1.79 bits per heavy atom. The van der Waals surface area contributed by atoms with E-state index in [4.69, 9.17) is 5.11 Å². The fourth-order valence-corrected chi connectivity index (χ4v) is 1.77. The minimum absolute atomic E-state index is 0.217. The lowest BCUT2D eigenvalue weighted by molar-refractivity contribution is -0.153. The van der Waals surface area contributed by atoms with Crippen molar-refractivity contribution >= 4 is 17.8 Å². The van der Waals surface area contributed by atoms with Gasteiger partial charge in [0.15, 0.2) is 0 Å². The Morgan fingerprint density at radius 1 is 1.29 bits per heavy atom. The summed E-state index contributed by atoms with van der Waals surface area (Å²) in [5, 5.41) is 8.62. The Morgan fingerprint density at radius 3 is 2.21 bits per heavy atom. The van der Waals surface area contributed by atoms with Gasteiger partial charge in [-0.25, -0.2) is 0 Å². The highest BCUT2D eigenvalue weighted by Gasteiger charge is 2.42. The number of amides is 2. The van der Waals surface area contributed by atoms with Crippen LogP contribution in [0.2, 0.25) is 0 Å². The first-order valence-electron chi connectivity index (χ1n) is 4.37. The molecule has 0 bridgehead atoms. The molecule has 0 saturated heterocycles. The van der Waals surface area contributed by atoms with E-state index in [-0.39, 0.29) is 17.9 Å². The lowest BCUT2D eigenvalue weighted by Gasteiger charge is -2.37. The predicted octanol–water partition coefficient (Wildman–Crippen LogP) is -0.225. The van der Waals surface area contributed by atoms with Crippen LogP contribution >= 0.6 is 0 Å². The smallest absolute Gasteiger partial charge is 0.306 e. The van der Waals surface area contributed by atoms with Crippen molar-refractivity contribution in [3.8, 4) is 0 Å². The molecule has 2 aliphatic rings. The van der Waals surface area contributed by atoms with Gasteiger partial charge in [-0.15, -0.1) is 0 Å². The van der Waals surface area contributed by atoms with Crippen LogP contribution in [-0.4, -0.2) is 33.8 Å². The summed E-state index contributed by atoms with van der Waals surface area (Å²) in [6.45, 7) is 0. The van der Waals surface area contributed by atoms with Crippen molar-refractivity contribution in [1.82, 2.24) is 4.90 Å². The zero-order valence-electron chi connectivity index (χ0n) is 7.34. The highest BCUT2D eigenvalue weighted by atomic mass is 16.4. The van der Waals surface area contributed by atoms with E-state index >= 15 is 0 Å². The lowest BCUT2D eigenvalue weighted by atomic mass is 9.79. The van der Waals surface area contributed by atoms with Crippen LogP contribution in [0.3, 0.4) is 0 Å². The maximum absolute atomic E-state index is 11.2. The van der Waals surface area contributed by atoms with Gasteiger partial charge in [0.05, 0.1) is 5.92 Å². The number of hydrogen-bond acceptors (Lipinski definition) is 3. The van der Waals surface area contributed by atoms with Gasteiger partial charge in [-0.05, 0) is 12.8 Å². The molecule has 74 valence electrons. The fraction of sp³-hybridized carbons (Fsp3) is 0.444. The number of aliphatic carboxylic acids is 1. The number of carbonyl (C=O) groups is 3. The molecule has 1 saturated carbocycles. The van der Waals surface area contributed by atoms with Gasteiger partial charge >= 0.3 is 5.97 Å². The van der Waals surface area contributed by atoms with Crippen molar-refractivity contribution in [1.29, 1.82) is 0 Å². The molecule has 1 N–H and O–H groups in total. The number of rotatable bonds is 2. The number of hydrogen-bond donors (Lipinski definition) is 1. The van der Waals surface area contributed by atoms with Crippen LogP contribution in [0.1, 0.15) is 12.8 Å². The molecule has 5 nitrogen and oxygen atoms in total. The van der Waals surface area contributed by atoms with E-state index in [0.717, 1.165) is 4.90 Å². The van der Waals surface area contributed by atoms with E-state index in [9.17, 15) is 14.4 Å².